The second-order valence-electron chi connectivity index (χ2n) is 33.4. The molecule has 24 rings (SSSR count). The van der Waals surface area contributed by atoms with Crippen molar-refractivity contribution in [3.63, 3.8) is 0 Å². The van der Waals surface area contributed by atoms with Crippen LogP contribution in [0.4, 0.5) is 34.1 Å². The van der Waals surface area contributed by atoms with Crippen LogP contribution in [0.2, 0.25) is 0 Å². The first-order valence-electron chi connectivity index (χ1n) is 42.7. The highest BCUT2D eigenvalue weighted by molar-refractivity contribution is 6.13. The van der Waals surface area contributed by atoms with E-state index in [1.807, 2.05) is 6.07 Å². The van der Waals surface area contributed by atoms with Gasteiger partial charge in [0.15, 0.2) is 0 Å². The fraction of sp³-hybridized carbons (Fsp3) is 0.0420. The number of para-hydroxylation sites is 3. The molecular weight excluding hydrogens is 1490 g/mol. The molecule has 0 saturated heterocycles. The second kappa shape index (κ2) is 28.6. The fourth-order valence-electron chi connectivity index (χ4n) is 21.6. The average Bonchev–Trinajstić information content (AvgIpc) is 1.53. The van der Waals surface area contributed by atoms with Crippen LogP contribution in [-0.2, 0) is 10.8 Å². The van der Waals surface area contributed by atoms with E-state index in [1.54, 1.807) is 0 Å². The molecule has 4 heteroatoms. The van der Waals surface area contributed by atoms with Crippen molar-refractivity contribution in [2.75, 3.05) is 9.80 Å². The van der Waals surface area contributed by atoms with Crippen LogP contribution >= 0.6 is 0 Å². The Labute approximate surface area is 714 Å². The first-order chi connectivity index (χ1) is 60.8. The molecule has 2 aromatic heterocycles. The predicted molar refractivity (Wildman–Crippen MR) is 512 cm³/mol. The van der Waals surface area contributed by atoms with Crippen LogP contribution < -0.4 is 9.80 Å². The minimum absolute atomic E-state index is 0.125. The third-order valence-electron chi connectivity index (χ3n) is 27.1. The van der Waals surface area contributed by atoms with E-state index in [0.29, 0.717) is 0 Å². The quantitative estimate of drug-likeness (QED) is 0.102. The normalized spacial score (nSPS) is 15.2. The van der Waals surface area contributed by atoms with Crippen LogP contribution in [0.3, 0.4) is 0 Å². The minimum Gasteiger partial charge on any atom is -0.455 e. The number of hydrogen-bond donors (Lipinski definition) is 0. The van der Waals surface area contributed by atoms with Gasteiger partial charge in [-0.2, -0.15) is 0 Å². The summed E-state index contributed by atoms with van der Waals surface area (Å²) >= 11 is 0. The Balaban J connectivity index is 0.594. The van der Waals surface area contributed by atoms with Crippen LogP contribution in [-0.4, -0.2) is 0 Å². The van der Waals surface area contributed by atoms with Gasteiger partial charge in [0.2, 0.25) is 0 Å². The standard InChI is InChI=1S/C119H80N2O2/c1-117-73-23-22-47-107(117)114-98(43-27-49-109(114)119(117,89-34-10-4-11-35-89)90-36-12-5-13-37-90)80-57-68-93(69-58-80)121(110-50-24-29-78-28-14-15-38-96(78)110)94-70-61-82(62-71-94)104-76-86(77-105-101-40-18-21-52-112(101)123-116(104)105)84-53-54-85-75-95(72-63-83(85)74-84)120(92-66-59-81(60-67-92)99-44-25-45-102-100-39-17-20-51-111(100)122-115(99)102)91-64-55-79(56-65-91)97-42-26-48-108-113(97)103-41-16-19-46-106(103)118(108,87-30-6-2-7-31-87)88-32-8-3-9-33-88/h2-77,107H,1H3. The lowest BCUT2D eigenvalue weighted by Crippen LogP contribution is -2.43. The molecule has 0 aliphatic heterocycles. The molecule has 3 aliphatic carbocycles. The van der Waals surface area contributed by atoms with Gasteiger partial charge < -0.3 is 18.6 Å². The summed E-state index contributed by atoms with van der Waals surface area (Å²) in [5, 5.41) is 8.98. The lowest BCUT2D eigenvalue weighted by Gasteiger charge is -2.47. The lowest BCUT2D eigenvalue weighted by molar-refractivity contribution is 0.289. The van der Waals surface area contributed by atoms with Crippen molar-refractivity contribution >= 4 is 99.5 Å². The molecule has 2 atom stereocenters. The number of benzene rings is 19. The summed E-state index contributed by atoms with van der Waals surface area (Å²) < 4.78 is 13.6. The highest BCUT2D eigenvalue weighted by Crippen LogP contribution is 2.68. The summed E-state index contributed by atoms with van der Waals surface area (Å²) in [4.78, 5) is 4.82. The largest absolute Gasteiger partial charge is 0.455 e. The second-order valence-corrected chi connectivity index (χ2v) is 33.4. The molecule has 0 radical (unpaired) electrons. The topological polar surface area (TPSA) is 32.8 Å². The molecule has 2 unspecified atom stereocenters. The van der Waals surface area contributed by atoms with E-state index in [0.717, 1.165) is 128 Å². The van der Waals surface area contributed by atoms with E-state index in [9.17, 15) is 0 Å². The number of anilines is 6. The van der Waals surface area contributed by atoms with Gasteiger partial charge in [0, 0.05) is 77.8 Å². The van der Waals surface area contributed by atoms with Crippen molar-refractivity contribution in [2.24, 2.45) is 5.41 Å². The maximum atomic E-state index is 6.97. The summed E-state index contributed by atoms with van der Waals surface area (Å²) in [5.74, 6) is 0.125. The third kappa shape index (κ3) is 11.1. The molecule has 0 saturated carbocycles. The van der Waals surface area contributed by atoms with Gasteiger partial charge in [-0.1, -0.05) is 371 Å². The first-order valence-corrected chi connectivity index (χ1v) is 42.7. The van der Waals surface area contributed by atoms with E-state index in [-0.39, 0.29) is 11.3 Å². The zero-order valence-corrected chi connectivity index (χ0v) is 67.7. The van der Waals surface area contributed by atoms with Gasteiger partial charge >= 0.3 is 0 Å². The number of allylic oxidation sites excluding steroid dienone is 4. The highest BCUT2D eigenvalue weighted by atomic mass is 16.3. The maximum absolute atomic E-state index is 6.97. The van der Waals surface area contributed by atoms with Gasteiger partial charge in [0.25, 0.3) is 0 Å². The Bertz CT molecular complexity index is 7710. The van der Waals surface area contributed by atoms with Crippen LogP contribution in [0, 0.1) is 5.41 Å². The number of furan rings is 2. The summed E-state index contributed by atoms with van der Waals surface area (Å²) in [7, 11) is 0. The van der Waals surface area contributed by atoms with Crippen molar-refractivity contribution in [1.29, 1.82) is 0 Å². The summed E-state index contributed by atoms with van der Waals surface area (Å²) in [6.07, 6.45) is 9.44. The van der Waals surface area contributed by atoms with Crippen molar-refractivity contribution in [3.8, 4) is 66.8 Å². The van der Waals surface area contributed by atoms with E-state index >= 15 is 0 Å². The van der Waals surface area contributed by atoms with Crippen LogP contribution in [0.5, 0.6) is 0 Å². The minimum atomic E-state index is -0.510. The highest BCUT2D eigenvalue weighted by Gasteiger charge is 2.61. The Kier molecular flexibility index (Phi) is 16.6. The number of fused-ring (bicyclic) bond motifs is 14. The van der Waals surface area contributed by atoms with Crippen molar-refractivity contribution < 1.29 is 8.83 Å². The van der Waals surface area contributed by atoms with Gasteiger partial charge in [-0.25, -0.2) is 0 Å². The first kappa shape index (κ1) is 71.5. The van der Waals surface area contributed by atoms with Crippen molar-refractivity contribution in [2.45, 2.75) is 23.7 Å². The third-order valence-corrected chi connectivity index (χ3v) is 27.1. The molecule has 2 heterocycles. The monoisotopic (exact) mass is 1570 g/mol. The number of nitrogens with zero attached hydrogens (tertiary/aromatic N) is 2. The fourth-order valence-corrected chi connectivity index (χ4v) is 21.6. The van der Waals surface area contributed by atoms with E-state index in [4.69, 9.17) is 8.83 Å². The molecule has 0 spiro atoms. The number of hydrogen-bond acceptors (Lipinski definition) is 4. The number of rotatable bonds is 15. The van der Waals surface area contributed by atoms with Crippen LogP contribution in [0.25, 0.3) is 132 Å². The molecule has 19 aromatic carbocycles. The van der Waals surface area contributed by atoms with Gasteiger partial charge in [-0.15, -0.1) is 0 Å². The van der Waals surface area contributed by atoms with Crippen molar-refractivity contribution in [1.82, 2.24) is 0 Å². The molecule has 123 heavy (non-hydrogen) atoms. The summed E-state index contributed by atoms with van der Waals surface area (Å²) in [5.41, 5.74) is 32.7. The molecule has 0 bridgehead atoms. The van der Waals surface area contributed by atoms with Gasteiger partial charge in [-0.3, -0.25) is 0 Å². The Morgan fingerprint density at radius 1 is 0.260 bits per heavy atom. The van der Waals surface area contributed by atoms with E-state index in [1.165, 1.54) is 83.1 Å². The Morgan fingerprint density at radius 3 is 1.35 bits per heavy atom. The van der Waals surface area contributed by atoms with Gasteiger partial charge in [-0.05, 0) is 213 Å². The average molecular weight is 1570 g/mol. The smallest absolute Gasteiger partial charge is 0.143 e. The molecule has 3 aliphatic rings. The van der Waals surface area contributed by atoms with E-state index < -0.39 is 10.8 Å². The Morgan fingerprint density at radius 2 is 0.699 bits per heavy atom. The molecule has 4 nitrogen and oxygen atoms in total. The molecule has 578 valence electrons. The molecule has 0 fully saturated rings. The van der Waals surface area contributed by atoms with Crippen LogP contribution in [0.1, 0.15) is 57.3 Å². The SMILES string of the molecule is CC12C=CC=CC1c1c(-c3ccc(N(c4ccc(-c5cc(-c6ccc7cc(N(c8ccc(-c9cccc%10c9-c9ccccc9C%10(c9ccccc9)c9ccccc9)cc8)c8ccc(-c9cccc%10c9oc9ccccc9%10)cc8)ccc7c6)cc6c5oc5ccccc56)cc4)c4cccc5ccccc45)cc3)cccc1C2(c1ccccc1)c1ccccc1. The van der Waals surface area contributed by atoms with Crippen molar-refractivity contribution in [3.05, 3.63) is 506 Å². The zero-order chi connectivity index (χ0) is 81.3. The van der Waals surface area contributed by atoms with Crippen LogP contribution in [0.15, 0.2) is 470 Å². The lowest BCUT2D eigenvalue weighted by atomic mass is 9.54. The molecule has 21 aromatic rings. The van der Waals surface area contributed by atoms with E-state index in [2.05, 4.69) is 472 Å². The molecule has 0 N–H and O–H groups in total. The Hall–Kier alpha value is -15.6. The molecule has 0 amide bonds. The molecular formula is C119H80N2O2. The van der Waals surface area contributed by atoms with Gasteiger partial charge in [0.05, 0.1) is 16.5 Å². The predicted octanol–water partition coefficient (Wildman–Crippen LogP) is 32.0. The zero-order valence-electron chi connectivity index (χ0n) is 67.7. The maximum Gasteiger partial charge on any atom is 0.143 e. The summed E-state index contributed by atoms with van der Waals surface area (Å²) in [6, 6.07) is 161. The van der Waals surface area contributed by atoms with Gasteiger partial charge in [0.1, 0.15) is 22.3 Å². The summed E-state index contributed by atoms with van der Waals surface area (Å²) in [6.45, 7) is 2.48.